The molecule has 2 N–H and O–H groups in total. The van der Waals surface area contributed by atoms with Crippen molar-refractivity contribution in [2.45, 2.75) is 17.9 Å². The first-order chi connectivity index (χ1) is 12.3. The summed E-state index contributed by atoms with van der Waals surface area (Å²) >= 11 is 15.5. The molecule has 3 aromatic rings. The van der Waals surface area contributed by atoms with Crippen LogP contribution in [0.5, 0.6) is 0 Å². The molecule has 1 atom stereocenters. The molecule has 0 fully saturated rings. The lowest BCUT2D eigenvalue weighted by atomic mass is 10.1. The zero-order valence-corrected chi connectivity index (χ0v) is 17.3. The van der Waals surface area contributed by atoms with Crippen molar-refractivity contribution >= 4 is 49.2 Å². The number of H-pyrrole nitrogens is 1. The Kier molecular flexibility index (Phi) is 5.69. The fraction of sp³-hybridized carbons (Fsp3) is 0.125. The van der Waals surface area contributed by atoms with Crippen LogP contribution in [0.1, 0.15) is 23.3 Å². The van der Waals surface area contributed by atoms with E-state index in [2.05, 4.69) is 35.8 Å². The summed E-state index contributed by atoms with van der Waals surface area (Å²) < 4.78 is 29.2. The number of hydrogen-bond acceptors (Lipinski definition) is 4. The molecule has 0 unspecified atom stereocenters. The van der Waals surface area contributed by atoms with Gasteiger partial charge >= 0.3 is 0 Å². The number of nitrogens with one attached hydrogen (secondary N) is 2. The molecule has 10 heteroatoms. The highest BCUT2D eigenvalue weighted by atomic mass is 79.9. The number of aromatic nitrogens is 3. The van der Waals surface area contributed by atoms with Gasteiger partial charge in [0.25, 0.3) is 0 Å². The second-order valence-electron chi connectivity index (χ2n) is 5.44. The number of aromatic amines is 1. The van der Waals surface area contributed by atoms with Crippen LogP contribution in [0.3, 0.4) is 0 Å². The van der Waals surface area contributed by atoms with Crippen LogP contribution >= 0.6 is 39.1 Å². The number of nitrogens with zero attached hydrogens (tertiary/aromatic N) is 2. The maximum absolute atomic E-state index is 13.0. The molecule has 26 heavy (non-hydrogen) atoms. The molecule has 136 valence electrons. The van der Waals surface area contributed by atoms with E-state index in [-0.39, 0.29) is 14.9 Å². The highest BCUT2D eigenvalue weighted by Crippen LogP contribution is 2.34. The second-order valence-corrected chi connectivity index (χ2v) is 8.82. The minimum Gasteiger partial charge on any atom is -0.263 e. The Hall–Kier alpha value is -1.45. The van der Waals surface area contributed by atoms with Gasteiger partial charge in [-0.1, -0.05) is 69.5 Å². The molecule has 1 aromatic heterocycles. The SMILES string of the molecule is Cc1nc([C@@H](NS(=O)(=O)c2c(Cl)cc(Br)cc2Cl)c2ccccc2)n[nH]1. The Labute approximate surface area is 169 Å². The van der Waals surface area contributed by atoms with E-state index in [1.165, 1.54) is 12.1 Å². The van der Waals surface area contributed by atoms with E-state index in [0.717, 1.165) is 0 Å². The summed E-state index contributed by atoms with van der Waals surface area (Å²) in [6, 6.07) is 11.1. The van der Waals surface area contributed by atoms with Crippen LogP contribution in [0, 0.1) is 6.92 Å². The Morgan fingerprint density at radius 3 is 2.31 bits per heavy atom. The van der Waals surface area contributed by atoms with Gasteiger partial charge in [-0.15, -0.1) is 0 Å². The molecule has 0 radical (unpaired) electrons. The lowest BCUT2D eigenvalue weighted by Crippen LogP contribution is -2.30. The number of sulfonamides is 1. The van der Waals surface area contributed by atoms with Crippen molar-refractivity contribution in [3.05, 3.63) is 74.2 Å². The molecule has 0 aliphatic carbocycles. The second kappa shape index (κ2) is 7.66. The average Bonchev–Trinajstić information content (AvgIpc) is 2.98. The molecule has 0 amide bonds. The molecule has 2 aromatic carbocycles. The molecule has 0 aliphatic heterocycles. The maximum atomic E-state index is 13.0. The van der Waals surface area contributed by atoms with Crippen molar-refractivity contribution in [2.75, 3.05) is 0 Å². The normalized spacial score (nSPS) is 12.9. The van der Waals surface area contributed by atoms with Gasteiger partial charge in [-0.25, -0.2) is 13.4 Å². The van der Waals surface area contributed by atoms with E-state index < -0.39 is 16.1 Å². The maximum Gasteiger partial charge on any atom is 0.244 e. The Morgan fingerprint density at radius 2 is 1.77 bits per heavy atom. The van der Waals surface area contributed by atoms with Gasteiger partial charge in [0.2, 0.25) is 10.0 Å². The van der Waals surface area contributed by atoms with Crippen LogP contribution in [0.25, 0.3) is 0 Å². The molecule has 3 rings (SSSR count). The fourth-order valence-electron chi connectivity index (χ4n) is 2.40. The summed E-state index contributed by atoms with van der Waals surface area (Å²) in [5.41, 5.74) is 0.680. The monoisotopic (exact) mass is 474 g/mol. The molecule has 0 saturated heterocycles. The first-order valence-electron chi connectivity index (χ1n) is 7.38. The highest BCUT2D eigenvalue weighted by molar-refractivity contribution is 9.10. The fourth-order valence-corrected chi connectivity index (χ4v) is 5.52. The zero-order valence-electron chi connectivity index (χ0n) is 13.4. The Morgan fingerprint density at radius 1 is 1.15 bits per heavy atom. The standard InChI is InChI=1S/C16H13BrCl2N4O2S/c1-9-20-16(22-21-9)14(10-5-3-2-4-6-10)23-26(24,25)15-12(18)7-11(17)8-13(15)19/h2-8,14,23H,1H3,(H,20,21,22)/t14-/m0/s1. The number of benzene rings is 2. The van der Waals surface area contributed by atoms with Gasteiger partial charge in [0.15, 0.2) is 5.82 Å². The van der Waals surface area contributed by atoms with Crippen molar-refractivity contribution in [3.63, 3.8) is 0 Å². The van der Waals surface area contributed by atoms with Crippen molar-refractivity contribution < 1.29 is 8.42 Å². The molecular weight excluding hydrogens is 463 g/mol. The molecule has 1 heterocycles. The summed E-state index contributed by atoms with van der Waals surface area (Å²) in [5, 5.41) is 6.83. The van der Waals surface area contributed by atoms with Crippen molar-refractivity contribution in [2.24, 2.45) is 0 Å². The van der Waals surface area contributed by atoms with Crippen molar-refractivity contribution in [1.82, 2.24) is 19.9 Å². The molecule has 0 saturated carbocycles. The van der Waals surface area contributed by atoms with Crippen LogP contribution < -0.4 is 4.72 Å². The van der Waals surface area contributed by atoms with Crippen molar-refractivity contribution in [3.8, 4) is 0 Å². The smallest absolute Gasteiger partial charge is 0.244 e. The third-order valence-electron chi connectivity index (χ3n) is 3.51. The number of aryl methyl sites for hydroxylation is 1. The summed E-state index contributed by atoms with van der Waals surface area (Å²) in [6.45, 7) is 1.73. The van der Waals surface area contributed by atoms with Crippen LogP contribution in [-0.4, -0.2) is 23.6 Å². The van der Waals surface area contributed by atoms with E-state index >= 15 is 0 Å². The van der Waals surface area contributed by atoms with E-state index in [9.17, 15) is 8.42 Å². The van der Waals surface area contributed by atoms with Gasteiger partial charge in [0.1, 0.15) is 16.8 Å². The van der Waals surface area contributed by atoms with E-state index in [0.29, 0.717) is 21.7 Å². The van der Waals surface area contributed by atoms with Crippen LogP contribution in [-0.2, 0) is 10.0 Å². The summed E-state index contributed by atoms with van der Waals surface area (Å²) in [7, 11) is -4.05. The van der Waals surface area contributed by atoms with Crippen LogP contribution in [0.15, 0.2) is 51.8 Å². The summed E-state index contributed by atoms with van der Waals surface area (Å²) in [5.74, 6) is 0.862. The average molecular weight is 476 g/mol. The van der Waals surface area contributed by atoms with Crippen molar-refractivity contribution in [1.29, 1.82) is 0 Å². The topological polar surface area (TPSA) is 87.7 Å². The predicted molar refractivity (Wildman–Crippen MR) is 104 cm³/mol. The van der Waals surface area contributed by atoms with Gasteiger partial charge in [-0.2, -0.15) is 9.82 Å². The lowest BCUT2D eigenvalue weighted by Gasteiger charge is -2.18. The number of hydrogen-bond donors (Lipinski definition) is 2. The van der Waals surface area contributed by atoms with Gasteiger partial charge in [-0.3, -0.25) is 5.10 Å². The Balaban J connectivity index is 2.07. The zero-order chi connectivity index (χ0) is 18.9. The minimum atomic E-state index is -4.05. The first-order valence-corrected chi connectivity index (χ1v) is 10.4. The molecule has 0 bridgehead atoms. The molecular formula is C16H13BrCl2N4O2S. The van der Waals surface area contributed by atoms with E-state index in [1.807, 2.05) is 6.07 Å². The van der Waals surface area contributed by atoms with Crippen LogP contribution in [0.4, 0.5) is 0 Å². The van der Waals surface area contributed by atoms with Gasteiger partial charge in [0, 0.05) is 4.47 Å². The Bertz CT molecular complexity index is 1020. The summed E-state index contributed by atoms with van der Waals surface area (Å²) in [4.78, 5) is 4.06. The van der Waals surface area contributed by atoms with E-state index in [4.69, 9.17) is 23.2 Å². The highest BCUT2D eigenvalue weighted by Gasteiger charge is 2.29. The number of rotatable bonds is 5. The number of halogens is 3. The van der Waals surface area contributed by atoms with Gasteiger partial charge in [-0.05, 0) is 24.6 Å². The summed E-state index contributed by atoms with van der Waals surface area (Å²) in [6.07, 6.45) is 0. The first kappa shape index (κ1) is 19.3. The van der Waals surface area contributed by atoms with E-state index in [1.54, 1.807) is 31.2 Å². The van der Waals surface area contributed by atoms with Gasteiger partial charge < -0.3 is 0 Å². The third-order valence-corrected chi connectivity index (χ3v) is 6.31. The van der Waals surface area contributed by atoms with Gasteiger partial charge in [0.05, 0.1) is 10.0 Å². The van der Waals surface area contributed by atoms with Crippen LogP contribution in [0.2, 0.25) is 10.0 Å². The largest absolute Gasteiger partial charge is 0.263 e. The molecule has 6 nitrogen and oxygen atoms in total. The third kappa shape index (κ3) is 4.10. The lowest BCUT2D eigenvalue weighted by molar-refractivity contribution is 0.567. The minimum absolute atomic E-state index is 0.00912. The molecule has 0 spiro atoms. The quantitative estimate of drug-likeness (QED) is 0.577. The molecule has 0 aliphatic rings. The predicted octanol–water partition coefficient (Wildman–Crippen LogP) is 4.25.